The van der Waals surface area contributed by atoms with Gasteiger partial charge in [-0.15, -0.1) is 0 Å². The molecule has 0 aliphatic carbocycles. The number of hydrogen-bond donors (Lipinski definition) is 2. The fourth-order valence-corrected chi connectivity index (χ4v) is 1.89. The molecule has 0 spiro atoms. The summed E-state index contributed by atoms with van der Waals surface area (Å²) in [6.45, 7) is 4.14. The summed E-state index contributed by atoms with van der Waals surface area (Å²) in [6.07, 6.45) is 0.429. The van der Waals surface area contributed by atoms with Crippen LogP contribution in [-0.4, -0.2) is 42.5 Å². The number of nitrogens with zero attached hydrogens (tertiary/aromatic N) is 2. The van der Waals surface area contributed by atoms with Gasteiger partial charge in [0.1, 0.15) is 0 Å². The Balaban J connectivity index is 2.22. The monoisotopic (exact) mass is 288 g/mol. The Morgan fingerprint density at radius 2 is 2.21 bits per heavy atom. The average Bonchev–Trinajstić information content (AvgIpc) is 2.60. The lowest BCUT2D eigenvalue weighted by atomic mass is 10.3. The molecule has 1 aromatic heterocycles. The van der Waals surface area contributed by atoms with E-state index in [2.05, 4.69) is 15.7 Å². The molecule has 0 unspecified atom stereocenters. The molecule has 0 saturated carbocycles. The second-order valence-corrected chi connectivity index (χ2v) is 4.62. The van der Waals surface area contributed by atoms with Crippen LogP contribution in [0.4, 0.5) is 0 Å². The Bertz CT molecular complexity index is 420. The molecule has 0 radical (unpaired) electrons. The van der Waals surface area contributed by atoms with Crippen molar-refractivity contribution in [2.75, 3.05) is 26.8 Å². The first kappa shape index (κ1) is 15.9. The predicted octanol–water partition coefficient (Wildman–Crippen LogP) is 0.624. The number of carbonyl (C=O) groups is 1. The van der Waals surface area contributed by atoms with Gasteiger partial charge in [-0.2, -0.15) is 5.10 Å². The number of halogens is 1. The van der Waals surface area contributed by atoms with E-state index in [1.165, 1.54) is 0 Å². The fraction of sp³-hybridized carbons (Fsp3) is 0.667. The summed E-state index contributed by atoms with van der Waals surface area (Å²) >= 11 is 6.12. The molecule has 1 heterocycles. The number of aryl methyl sites for hydroxylation is 2. The molecule has 7 heteroatoms. The SMILES string of the molecule is COCCNC(=O)CCNCc1c(Cl)c(C)nn1C. The van der Waals surface area contributed by atoms with E-state index in [-0.39, 0.29) is 5.91 Å². The molecule has 0 aliphatic rings. The highest BCUT2D eigenvalue weighted by molar-refractivity contribution is 6.31. The molecular formula is C12H21ClN4O2. The number of amides is 1. The van der Waals surface area contributed by atoms with E-state index in [0.29, 0.717) is 37.7 Å². The zero-order valence-electron chi connectivity index (χ0n) is 11.6. The molecule has 1 aromatic rings. The molecule has 1 rings (SSSR count). The van der Waals surface area contributed by atoms with Gasteiger partial charge in [-0.05, 0) is 6.92 Å². The lowest BCUT2D eigenvalue weighted by Crippen LogP contribution is -2.30. The van der Waals surface area contributed by atoms with E-state index >= 15 is 0 Å². The number of rotatable bonds is 8. The average molecular weight is 289 g/mol. The number of methoxy groups -OCH3 is 1. The molecule has 1 amide bonds. The van der Waals surface area contributed by atoms with Crippen molar-refractivity contribution >= 4 is 17.5 Å². The van der Waals surface area contributed by atoms with Crippen molar-refractivity contribution in [3.05, 3.63) is 16.4 Å². The van der Waals surface area contributed by atoms with Crippen molar-refractivity contribution in [1.29, 1.82) is 0 Å². The molecule has 0 aliphatic heterocycles. The molecule has 6 nitrogen and oxygen atoms in total. The van der Waals surface area contributed by atoms with Gasteiger partial charge in [0.05, 0.1) is 23.0 Å². The molecule has 0 atom stereocenters. The zero-order valence-corrected chi connectivity index (χ0v) is 12.4. The smallest absolute Gasteiger partial charge is 0.221 e. The maximum atomic E-state index is 11.4. The molecule has 19 heavy (non-hydrogen) atoms. The van der Waals surface area contributed by atoms with Crippen molar-refractivity contribution in [3.8, 4) is 0 Å². The van der Waals surface area contributed by atoms with E-state index in [9.17, 15) is 4.79 Å². The first-order valence-corrected chi connectivity index (χ1v) is 6.58. The van der Waals surface area contributed by atoms with Crippen LogP contribution in [0.5, 0.6) is 0 Å². The summed E-state index contributed by atoms with van der Waals surface area (Å²) in [5.41, 5.74) is 1.75. The molecule has 108 valence electrons. The highest BCUT2D eigenvalue weighted by atomic mass is 35.5. The van der Waals surface area contributed by atoms with E-state index in [0.717, 1.165) is 11.4 Å². The van der Waals surface area contributed by atoms with Crippen LogP contribution < -0.4 is 10.6 Å². The van der Waals surface area contributed by atoms with Crippen molar-refractivity contribution < 1.29 is 9.53 Å². The van der Waals surface area contributed by atoms with Gasteiger partial charge >= 0.3 is 0 Å². The summed E-state index contributed by atoms with van der Waals surface area (Å²) in [4.78, 5) is 11.4. The zero-order chi connectivity index (χ0) is 14.3. The lowest BCUT2D eigenvalue weighted by Gasteiger charge is -2.07. The Morgan fingerprint density at radius 3 is 2.79 bits per heavy atom. The maximum absolute atomic E-state index is 11.4. The minimum absolute atomic E-state index is 0.0110. The van der Waals surface area contributed by atoms with Crippen LogP contribution in [0, 0.1) is 6.92 Å². The predicted molar refractivity (Wildman–Crippen MR) is 74.2 cm³/mol. The topological polar surface area (TPSA) is 68.2 Å². The van der Waals surface area contributed by atoms with Gasteiger partial charge in [-0.1, -0.05) is 11.6 Å². The lowest BCUT2D eigenvalue weighted by molar-refractivity contribution is -0.121. The third-order valence-electron chi connectivity index (χ3n) is 2.71. The van der Waals surface area contributed by atoms with Gasteiger partial charge in [0.2, 0.25) is 5.91 Å². The minimum atomic E-state index is 0.0110. The van der Waals surface area contributed by atoms with Crippen LogP contribution in [-0.2, 0) is 23.1 Å². The standard InChI is InChI=1S/C12H21ClN4O2/c1-9-12(13)10(17(2)16-9)8-14-5-4-11(18)15-6-7-19-3/h14H,4-8H2,1-3H3,(H,15,18). The summed E-state index contributed by atoms with van der Waals surface area (Å²) in [6, 6.07) is 0. The third-order valence-corrected chi connectivity index (χ3v) is 3.20. The van der Waals surface area contributed by atoms with Crippen molar-refractivity contribution in [2.45, 2.75) is 19.9 Å². The van der Waals surface area contributed by atoms with E-state index in [1.54, 1.807) is 11.8 Å². The Labute approximate surface area is 118 Å². The molecule has 0 fully saturated rings. The van der Waals surface area contributed by atoms with E-state index < -0.39 is 0 Å². The number of carbonyl (C=O) groups excluding carboxylic acids is 1. The summed E-state index contributed by atoms with van der Waals surface area (Å²) < 4.78 is 6.60. The second-order valence-electron chi connectivity index (χ2n) is 4.24. The first-order chi connectivity index (χ1) is 9.06. The number of nitrogens with one attached hydrogen (secondary N) is 2. The Morgan fingerprint density at radius 1 is 1.47 bits per heavy atom. The summed E-state index contributed by atoms with van der Waals surface area (Å²) in [7, 11) is 3.46. The normalized spacial score (nSPS) is 10.7. The summed E-state index contributed by atoms with van der Waals surface area (Å²) in [5, 5.41) is 10.8. The number of hydrogen-bond acceptors (Lipinski definition) is 4. The van der Waals surface area contributed by atoms with Gasteiger partial charge in [0, 0.05) is 40.2 Å². The van der Waals surface area contributed by atoms with Crippen molar-refractivity contribution in [2.24, 2.45) is 7.05 Å². The van der Waals surface area contributed by atoms with E-state index in [4.69, 9.17) is 16.3 Å². The van der Waals surface area contributed by atoms with Gasteiger partial charge in [-0.25, -0.2) is 0 Å². The molecule has 0 bridgehead atoms. The van der Waals surface area contributed by atoms with Gasteiger partial charge in [0.25, 0.3) is 0 Å². The van der Waals surface area contributed by atoms with Gasteiger partial charge < -0.3 is 15.4 Å². The van der Waals surface area contributed by atoms with E-state index in [1.807, 2.05) is 14.0 Å². The first-order valence-electron chi connectivity index (χ1n) is 6.20. The van der Waals surface area contributed by atoms with Crippen LogP contribution in [0.1, 0.15) is 17.8 Å². The van der Waals surface area contributed by atoms with Crippen molar-refractivity contribution in [1.82, 2.24) is 20.4 Å². The fourth-order valence-electron chi connectivity index (χ4n) is 1.66. The minimum Gasteiger partial charge on any atom is -0.383 e. The Hall–Kier alpha value is -1.11. The van der Waals surface area contributed by atoms with Gasteiger partial charge in [-0.3, -0.25) is 9.48 Å². The van der Waals surface area contributed by atoms with Gasteiger partial charge in [0.15, 0.2) is 0 Å². The maximum Gasteiger partial charge on any atom is 0.221 e. The van der Waals surface area contributed by atoms with Crippen LogP contribution in [0.2, 0.25) is 5.02 Å². The third kappa shape index (κ3) is 5.18. The molecule has 0 saturated heterocycles. The molecule has 0 aromatic carbocycles. The summed E-state index contributed by atoms with van der Waals surface area (Å²) in [5.74, 6) is 0.0110. The Kier molecular flexibility index (Phi) is 6.83. The second kappa shape index (κ2) is 8.14. The van der Waals surface area contributed by atoms with Crippen molar-refractivity contribution in [3.63, 3.8) is 0 Å². The molecule has 2 N–H and O–H groups in total. The van der Waals surface area contributed by atoms with Crippen LogP contribution >= 0.6 is 11.6 Å². The van der Waals surface area contributed by atoms with Crippen LogP contribution in [0.25, 0.3) is 0 Å². The highest BCUT2D eigenvalue weighted by Gasteiger charge is 2.10. The number of ether oxygens (including phenoxy) is 1. The van der Waals surface area contributed by atoms with Crippen LogP contribution in [0.15, 0.2) is 0 Å². The highest BCUT2D eigenvalue weighted by Crippen LogP contribution is 2.18. The molecular weight excluding hydrogens is 268 g/mol. The largest absolute Gasteiger partial charge is 0.383 e. The van der Waals surface area contributed by atoms with Crippen LogP contribution in [0.3, 0.4) is 0 Å². The number of aromatic nitrogens is 2. The quantitative estimate of drug-likeness (QED) is 0.688.